The second-order valence-corrected chi connectivity index (χ2v) is 3.56. The van der Waals surface area contributed by atoms with Gasteiger partial charge in [0.15, 0.2) is 5.78 Å². The summed E-state index contributed by atoms with van der Waals surface area (Å²) in [6.07, 6.45) is 2.92. The zero-order valence-electron chi connectivity index (χ0n) is 9.32. The predicted molar refractivity (Wildman–Crippen MR) is 55.3 cm³/mol. The van der Waals surface area contributed by atoms with Gasteiger partial charge in [0, 0.05) is 26.0 Å². The lowest BCUT2D eigenvalue weighted by Crippen LogP contribution is -2.20. The van der Waals surface area contributed by atoms with E-state index in [2.05, 4.69) is 0 Å². The van der Waals surface area contributed by atoms with Crippen LogP contribution < -0.4 is 0 Å². The monoisotopic (exact) mass is 214 g/mol. The number of carbonyl (C=O) groups excluding carboxylic acids is 1. The van der Waals surface area contributed by atoms with Gasteiger partial charge in [-0.1, -0.05) is 0 Å². The number of hydrogen-bond acceptors (Lipinski definition) is 4. The Balaban J connectivity index is 2.36. The van der Waals surface area contributed by atoms with Crippen LogP contribution in [-0.2, 0) is 19.0 Å². The molecule has 0 heterocycles. The van der Waals surface area contributed by atoms with E-state index in [9.17, 15) is 4.79 Å². The number of ketones is 1. The maximum absolute atomic E-state index is 11.3. The van der Waals surface area contributed by atoms with Crippen molar-refractivity contribution in [3.05, 3.63) is 11.8 Å². The first-order chi connectivity index (χ1) is 7.26. The first-order valence-corrected chi connectivity index (χ1v) is 5.19. The summed E-state index contributed by atoms with van der Waals surface area (Å²) in [4.78, 5) is 11.3. The van der Waals surface area contributed by atoms with Crippen LogP contribution in [0.2, 0.25) is 0 Å². The molecule has 0 saturated carbocycles. The predicted octanol–water partition coefficient (Wildman–Crippen LogP) is 1.51. The number of rotatable bonds is 6. The summed E-state index contributed by atoms with van der Waals surface area (Å²) >= 11 is 0. The molecule has 4 nitrogen and oxygen atoms in total. The summed E-state index contributed by atoms with van der Waals surface area (Å²) in [5.41, 5.74) is 0. The minimum Gasteiger partial charge on any atom is -0.498 e. The van der Waals surface area contributed by atoms with Gasteiger partial charge >= 0.3 is 0 Å². The Morgan fingerprint density at radius 2 is 2.27 bits per heavy atom. The van der Waals surface area contributed by atoms with E-state index in [0.717, 1.165) is 12.2 Å². The van der Waals surface area contributed by atoms with Gasteiger partial charge in [-0.05, 0) is 12.8 Å². The van der Waals surface area contributed by atoms with Crippen molar-refractivity contribution in [3.8, 4) is 0 Å². The molecule has 1 atom stereocenters. The number of ether oxygens (including phenoxy) is 3. The average Bonchev–Trinajstić information content (AvgIpc) is 2.18. The molecule has 0 aromatic rings. The zero-order chi connectivity index (χ0) is 11.1. The minimum absolute atomic E-state index is 0.121. The van der Waals surface area contributed by atoms with Crippen molar-refractivity contribution in [2.24, 2.45) is 5.92 Å². The fourth-order valence-corrected chi connectivity index (χ4v) is 1.64. The molecule has 1 aliphatic rings. The lowest BCUT2D eigenvalue weighted by atomic mass is 9.93. The van der Waals surface area contributed by atoms with Crippen molar-refractivity contribution < 1.29 is 19.0 Å². The van der Waals surface area contributed by atoms with Crippen LogP contribution in [0.15, 0.2) is 11.8 Å². The highest BCUT2D eigenvalue weighted by Crippen LogP contribution is 2.23. The molecule has 0 aromatic carbocycles. The third-order valence-electron chi connectivity index (χ3n) is 2.19. The van der Waals surface area contributed by atoms with E-state index in [0.29, 0.717) is 19.6 Å². The third kappa shape index (κ3) is 4.44. The molecular formula is C11H18O4. The smallest absolute Gasteiger partial charge is 0.159 e. The third-order valence-corrected chi connectivity index (χ3v) is 2.19. The quantitative estimate of drug-likeness (QED) is 0.496. The van der Waals surface area contributed by atoms with Crippen molar-refractivity contribution in [1.29, 1.82) is 0 Å². The zero-order valence-corrected chi connectivity index (χ0v) is 9.32. The minimum atomic E-state index is 0.121. The lowest BCUT2D eigenvalue weighted by molar-refractivity contribution is -0.117. The average molecular weight is 214 g/mol. The second kappa shape index (κ2) is 6.58. The SMILES string of the molecule is CCOC1=CC(=O)CC(COCOC)C1. The molecule has 0 saturated heterocycles. The molecular weight excluding hydrogens is 196 g/mol. The number of allylic oxidation sites excluding steroid dienone is 2. The van der Waals surface area contributed by atoms with Crippen LogP contribution in [0.1, 0.15) is 19.8 Å². The van der Waals surface area contributed by atoms with E-state index in [4.69, 9.17) is 14.2 Å². The standard InChI is InChI=1S/C11H18O4/c1-3-15-11-5-9(4-10(12)6-11)7-14-8-13-2/h6,9H,3-5,7-8H2,1-2H3. The van der Waals surface area contributed by atoms with Crippen molar-refractivity contribution in [2.75, 3.05) is 27.1 Å². The fourth-order valence-electron chi connectivity index (χ4n) is 1.64. The van der Waals surface area contributed by atoms with E-state index in [1.807, 2.05) is 6.92 Å². The van der Waals surface area contributed by atoms with Gasteiger partial charge in [-0.15, -0.1) is 0 Å². The Bertz CT molecular complexity index is 235. The van der Waals surface area contributed by atoms with Gasteiger partial charge < -0.3 is 14.2 Å². The molecule has 0 bridgehead atoms. The first-order valence-electron chi connectivity index (χ1n) is 5.19. The van der Waals surface area contributed by atoms with Crippen LogP contribution in [0, 0.1) is 5.92 Å². The van der Waals surface area contributed by atoms with E-state index in [-0.39, 0.29) is 18.5 Å². The van der Waals surface area contributed by atoms with Crippen molar-refractivity contribution in [1.82, 2.24) is 0 Å². The highest BCUT2D eigenvalue weighted by molar-refractivity contribution is 5.91. The van der Waals surface area contributed by atoms with Gasteiger partial charge in [0.1, 0.15) is 6.79 Å². The summed E-state index contributed by atoms with van der Waals surface area (Å²) in [5.74, 6) is 1.12. The van der Waals surface area contributed by atoms with Crippen molar-refractivity contribution >= 4 is 5.78 Å². The van der Waals surface area contributed by atoms with Crippen LogP contribution in [0.3, 0.4) is 0 Å². The maximum atomic E-state index is 11.3. The molecule has 0 amide bonds. The van der Waals surface area contributed by atoms with E-state index < -0.39 is 0 Å². The fraction of sp³-hybridized carbons (Fsp3) is 0.727. The summed E-state index contributed by atoms with van der Waals surface area (Å²) in [6.45, 7) is 3.34. The summed E-state index contributed by atoms with van der Waals surface area (Å²) in [7, 11) is 1.58. The van der Waals surface area contributed by atoms with Gasteiger partial charge in [0.2, 0.25) is 0 Å². The van der Waals surface area contributed by atoms with E-state index in [1.165, 1.54) is 0 Å². The molecule has 1 unspecified atom stereocenters. The van der Waals surface area contributed by atoms with E-state index >= 15 is 0 Å². The molecule has 1 rings (SSSR count). The summed E-state index contributed by atoms with van der Waals surface area (Å²) < 4.78 is 15.4. The largest absolute Gasteiger partial charge is 0.498 e. The molecule has 15 heavy (non-hydrogen) atoms. The Hall–Kier alpha value is -0.870. The lowest BCUT2D eigenvalue weighted by Gasteiger charge is -2.21. The van der Waals surface area contributed by atoms with Crippen molar-refractivity contribution in [2.45, 2.75) is 19.8 Å². The molecule has 0 spiro atoms. The summed E-state index contributed by atoms with van der Waals surface area (Å²) in [5, 5.41) is 0. The Morgan fingerprint density at radius 3 is 2.93 bits per heavy atom. The van der Waals surface area contributed by atoms with Crippen LogP contribution >= 0.6 is 0 Å². The van der Waals surface area contributed by atoms with Gasteiger partial charge in [-0.2, -0.15) is 0 Å². The van der Waals surface area contributed by atoms with Gasteiger partial charge in [0.05, 0.1) is 19.0 Å². The van der Waals surface area contributed by atoms with Crippen LogP contribution in [0.5, 0.6) is 0 Å². The van der Waals surface area contributed by atoms with E-state index in [1.54, 1.807) is 13.2 Å². The summed E-state index contributed by atoms with van der Waals surface area (Å²) in [6, 6.07) is 0. The molecule has 86 valence electrons. The topological polar surface area (TPSA) is 44.8 Å². The highest BCUT2D eigenvalue weighted by Gasteiger charge is 2.21. The van der Waals surface area contributed by atoms with Crippen LogP contribution in [0.4, 0.5) is 0 Å². The molecule has 1 aliphatic carbocycles. The van der Waals surface area contributed by atoms with Crippen LogP contribution in [-0.4, -0.2) is 32.9 Å². The first kappa shape index (κ1) is 12.2. The number of carbonyl (C=O) groups is 1. The number of hydrogen-bond donors (Lipinski definition) is 0. The highest BCUT2D eigenvalue weighted by atomic mass is 16.7. The molecule has 0 aromatic heterocycles. The Labute approximate surface area is 90.2 Å². The molecule has 0 radical (unpaired) electrons. The van der Waals surface area contributed by atoms with Gasteiger partial charge in [0.25, 0.3) is 0 Å². The Morgan fingerprint density at radius 1 is 1.47 bits per heavy atom. The second-order valence-electron chi connectivity index (χ2n) is 3.56. The number of methoxy groups -OCH3 is 1. The van der Waals surface area contributed by atoms with Gasteiger partial charge in [-0.25, -0.2) is 0 Å². The Kier molecular flexibility index (Phi) is 5.36. The molecule has 4 heteroatoms. The molecule has 0 aliphatic heterocycles. The van der Waals surface area contributed by atoms with Crippen molar-refractivity contribution in [3.63, 3.8) is 0 Å². The molecule has 0 fully saturated rings. The molecule has 0 N–H and O–H groups in total. The normalized spacial score (nSPS) is 21.3. The maximum Gasteiger partial charge on any atom is 0.159 e. The van der Waals surface area contributed by atoms with Gasteiger partial charge in [-0.3, -0.25) is 4.79 Å². The van der Waals surface area contributed by atoms with Crippen LogP contribution in [0.25, 0.3) is 0 Å².